The number of ketones is 1. The van der Waals surface area contributed by atoms with Crippen LogP contribution in [0.25, 0.3) is 0 Å². The van der Waals surface area contributed by atoms with Crippen molar-refractivity contribution in [3.05, 3.63) is 0 Å². The highest BCUT2D eigenvalue weighted by Crippen LogP contribution is 2.38. The van der Waals surface area contributed by atoms with Gasteiger partial charge in [-0.1, -0.05) is 13.3 Å². The largest absolute Gasteiger partial charge is 0.327 e. The molecule has 1 aliphatic rings. The van der Waals surface area contributed by atoms with Crippen LogP contribution in [0.5, 0.6) is 0 Å². The lowest BCUT2D eigenvalue weighted by Crippen LogP contribution is -2.41. The summed E-state index contributed by atoms with van der Waals surface area (Å²) in [5.74, 6) is 0.213. The second-order valence-corrected chi connectivity index (χ2v) is 7.33. The van der Waals surface area contributed by atoms with E-state index in [1.54, 1.807) is 0 Å². The molecule has 0 aromatic rings. The van der Waals surface area contributed by atoms with Crippen LogP contribution in [0.2, 0.25) is 0 Å². The van der Waals surface area contributed by atoms with Crippen LogP contribution in [0.15, 0.2) is 0 Å². The first kappa shape index (κ1) is 13.6. The van der Waals surface area contributed by atoms with Crippen LogP contribution >= 0.6 is 0 Å². The summed E-state index contributed by atoms with van der Waals surface area (Å²) in [6, 6.07) is -0.0572. The van der Waals surface area contributed by atoms with Crippen LogP contribution < -0.4 is 5.73 Å². The van der Waals surface area contributed by atoms with Gasteiger partial charge in [-0.2, -0.15) is 0 Å². The molecule has 2 unspecified atom stereocenters. The predicted molar refractivity (Wildman–Crippen MR) is 63.9 cm³/mol. The Kier molecular flexibility index (Phi) is 4.12. The van der Waals surface area contributed by atoms with E-state index in [1.165, 1.54) is 6.26 Å². The van der Waals surface area contributed by atoms with Gasteiger partial charge >= 0.3 is 0 Å². The van der Waals surface area contributed by atoms with Crippen molar-refractivity contribution >= 4 is 15.6 Å². The summed E-state index contributed by atoms with van der Waals surface area (Å²) in [4.78, 5) is 12.0. The van der Waals surface area contributed by atoms with Crippen molar-refractivity contribution in [3.8, 4) is 0 Å². The Morgan fingerprint density at radius 1 is 1.50 bits per heavy atom. The van der Waals surface area contributed by atoms with E-state index in [1.807, 2.05) is 6.92 Å². The maximum atomic E-state index is 12.0. The fourth-order valence-electron chi connectivity index (χ4n) is 2.32. The summed E-state index contributed by atoms with van der Waals surface area (Å²) in [6.45, 7) is 1.91. The Morgan fingerprint density at radius 2 is 2.12 bits per heavy atom. The molecule has 16 heavy (non-hydrogen) atoms. The Morgan fingerprint density at radius 3 is 2.56 bits per heavy atom. The Bertz CT molecular complexity index is 363. The zero-order valence-corrected chi connectivity index (χ0v) is 10.8. The molecule has 1 rings (SSSR count). The minimum atomic E-state index is -2.96. The lowest BCUT2D eigenvalue weighted by Gasteiger charge is -2.27. The van der Waals surface area contributed by atoms with Crippen LogP contribution in [-0.2, 0) is 14.6 Å². The van der Waals surface area contributed by atoms with Gasteiger partial charge < -0.3 is 5.73 Å². The van der Waals surface area contributed by atoms with Gasteiger partial charge in [0.25, 0.3) is 0 Å². The van der Waals surface area contributed by atoms with Crippen molar-refractivity contribution in [3.63, 3.8) is 0 Å². The van der Waals surface area contributed by atoms with Gasteiger partial charge in [-0.3, -0.25) is 4.79 Å². The molecule has 4 nitrogen and oxygen atoms in total. The summed E-state index contributed by atoms with van der Waals surface area (Å²) < 4.78 is 21.9. The van der Waals surface area contributed by atoms with Gasteiger partial charge in [0.2, 0.25) is 0 Å². The van der Waals surface area contributed by atoms with Crippen LogP contribution in [0, 0.1) is 5.41 Å². The first-order valence-electron chi connectivity index (χ1n) is 5.72. The summed E-state index contributed by atoms with van der Waals surface area (Å²) in [5.41, 5.74) is 5.51. The molecule has 0 aliphatic heterocycles. The maximum absolute atomic E-state index is 12.0. The van der Waals surface area contributed by atoms with Gasteiger partial charge in [0.15, 0.2) is 0 Å². The van der Waals surface area contributed by atoms with E-state index in [2.05, 4.69) is 0 Å². The SMILES string of the molecule is CC1(C(=O)CCCS(C)(=O)=O)CCCC1N. The highest BCUT2D eigenvalue weighted by atomic mass is 32.2. The molecule has 1 fully saturated rings. The average Bonchev–Trinajstić information content (AvgIpc) is 2.46. The number of carbonyl (C=O) groups is 1. The molecule has 94 valence electrons. The first-order chi connectivity index (χ1) is 7.26. The van der Waals surface area contributed by atoms with Crippen LogP contribution in [-0.4, -0.2) is 32.3 Å². The molecule has 0 saturated heterocycles. The molecule has 5 heteroatoms. The topological polar surface area (TPSA) is 77.2 Å². The molecular formula is C11H21NO3S. The van der Waals surface area contributed by atoms with Gasteiger partial charge in [0, 0.05) is 24.1 Å². The molecule has 1 saturated carbocycles. The second kappa shape index (κ2) is 4.84. The molecule has 0 aromatic heterocycles. The van der Waals surface area contributed by atoms with Gasteiger partial charge in [-0.05, 0) is 19.3 Å². The van der Waals surface area contributed by atoms with Crippen LogP contribution in [0.3, 0.4) is 0 Å². The monoisotopic (exact) mass is 247 g/mol. The molecular weight excluding hydrogens is 226 g/mol. The first-order valence-corrected chi connectivity index (χ1v) is 7.78. The third kappa shape index (κ3) is 3.28. The van der Waals surface area contributed by atoms with E-state index in [-0.39, 0.29) is 17.6 Å². The van der Waals surface area contributed by atoms with Gasteiger partial charge in [0.1, 0.15) is 15.6 Å². The molecule has 0 radical (unpaired) electrons. The quantitative estimate of drug-likeness (QED) is 0.783. The van der Waals surface area contributed by atoms with Crippen LogP contribution in [0.1, 0.15) is 39.0 Å². The molecule has 2 N–H and O–H groups in total. The predicted octanol–water partition coefficient (Wildman–Crippen LogP) is 0.898. The number of rotatable bonds is 5. The number of hydrogen-bond acceptors (Lipinski definition) is 4. The lowest BCUT2D eigenvalue weighted by atomic mass is 9.79. The number of carbonyl (C=O) groups excluding carboxylic acids is 1. The standard InChI is InChI=1S/C11H21NO3S/c1-11(7-3-5-9(11)12)10(13)6-4-8-16(2,14)15/h9H,3-8,12H2,1-2H3. The van der Waals surface area contributed by atoms with E-state index in [4.69, 9.17) is 5.73 Å². The summed E-state index contributed by atoms with van der Waals surface area (Å²) >= 11 is 0. The Hall–Kier alpha value is -0.420. The van der Waals surface area contributed by atoms with Crippen molar-refractivity contribution in [2.24, 2.45) is 11.1 Å². The lowest BCUT2D eigenvalue weighted by molar-refractivity contribution is -0.128. The molecule has 0 bridgehead atoms. The van der Waals surface area contributed by atoms with E-state index in [0.717, 1.165) is 19.3 Å². The third-order valence-corrected chi connectivity index (χ3v) is 4.62. The van der Waals surface area contributed by atoms with Crippen molar-refractivity contribution in [2.75, 3.05) is 12.0 Å². The molecule has 0 heterocycles. The highest BCUT2D eigenvalue weighted by molar-refractivity contribution is 7.90. The smallest absolute Gasteiger partial charge is 0.147 e. The van der Waals surface area contributed by atoms with Crippen LogP contribution in [0.4, 0.5) is 0 Å². The third-order valence-electron chi connectivity index (χ3n) is 3.59. The Balaban J connectivity index is 2.47. The fraction of sp³-hybridized carbons (Fsp3) is 0.909. The van der Waals surface area contributed by atoms with Gasteiger partial charge in [-0.25, -0.2) is 8.42 Å². The number of sulfone groups is 1. The maximum Gasteiger partial charge on any atom is 0.147 e. The minimum absolute atomic E-state index is 0.0572. The molecule has 2 atom stereocenters. The Labute approximate surface area is 97.5 Å². The fourth-order valence-corrected chi connectivity index (χ4v) is 2.99. The van der Waals surface area contributed by atoms with E-state index >= 15 is 0 Å². The van der Waals surface area contributed by atoms with Crippen molar-refractivity contribution in [1.82, 2.24) is 0 Å². The van der Waals surface area contributed by atoms with E-state index in [9.17, 15) is 13.2 Å². The van der Waals surface area contributed by atoms with E-state index in [0.29, 0.717) is 12.8 Å². The zero-order chi connectivity index (χ0) is 12.4. The van der Waals surface area contributed by atoms with Crippen molar-refractivity contribution in [2.45, 2.75) is 45.1 Å². The molecule has 0 spiro atoms. The molecule has 0 amide bonds. The number of Topliss-reactive ketones (excluding diaryl/α,β-unsaturated/α-hetero) is 1. The average molecular weight is 247 g/mol. The zero-order valence-electron chi connectivity index (χ0n) is 10.0. The summed E-state index contributed by atoms with van der Waals surface area (Å²) in [7, 11) is -2.96. The number of hydrogen-bond donors (Lipinski definition) is 1. The minimum Gasteiger partial charge on any atom is -0.327 e. The van der Waals surface area contributed by atoms with Crippen molar-refractivity contribution < 1.29 is 13.2 Å². The van der Waals surface area contributed by atoms with Crippen molar-refractivity contribution in [1.29, 1.82) is 0 Å². The normalized spacial score (nSPS) is 30.6. The molecule has 0 aromatic carbocycles. The highest BCUT2D eigenvalue weighted by Gasteiger charge is 2.41. The van der Waals surface area contributed by atoms with Gasteiger partial charge in [0.05, 0.1) is 5.75 Å². The summed E-state index contributed by atoms with van der Waals surface area (Å²) in [5, 5.41) is 0. The van der Waals surface area contributed by atoms with Gasteiger partial charge in [-0.15, -0.1) is 0 Å². The number of nitrogens with two attached hydrogens (primary N) is 1. The summed E-state index contributed by atoms with van der Waals surface area (Å²) in [6.07, 6.45) is 4.67. The van der Waals surface area contributed by atoms with E-state index < -0.39 is 15.3 Å². The molecule has 1 aliphatic carbocycles. The second-order valence-electron chi connectivity index (χ2n) is 5.07.